The molecule has 0 bridgehead atoms. The predicted molar refractivity (Wildman–Crippen MR) is 67.3 cm³/mol. The smallest absolute Gasteiger partial charge is 0.239 e. The van der Waals surface area contributed by atoms with Crippen molar-refractivity contribution in [1.82, 2.24) is 5.32 Å². The highest BCUT2D eigenvalue weighted by molar-refractivity contribution is 5.83. The lowest BCUT2D eigenvalue weighted by atomic mass is 10.2. The van der Waals surface area contributed by atoms with Crippen molar-refractivity contribution >= 4 is 17.3 Å². The minimum atomic E-state index is -1.02. The van der Waals surface area contributed by atoms with E-state index in [0.717, 1.165) is 6.07 Å². The molecule has 0 aromatic heterocycles. The Balaban J connectivity index is 3.12. The third-order valence-electron chi connectivity index (χ3n) is 2.52. The van der Waals surface area contributed by atoms with Crippen molar-refractivity contribution in [1.29, 1.82) is 0 Å². The lowest BCUT2D eigenvalue weighted by Crippen LogP contribution is -2.37. The summed E-state index contributed by atoms with van der Waals surface area (Å²) < 4.78 is 27.0. The molecular weight excluding hydrogens is 240 g/mol. The molecule has 3 N–H and O–H groups in total. The highest BCUT2D eigenvalue weighted by Gasteiger charge is 2.19. The summed E-state index contributed by atoms with van der Waals surface area (Å²) in [6.45, 7) is 2.23. The molecule has 1 rings (SSSR count). The first-order valence-electron chi connectivity index (χ1n) is 5.70. The quantitative estimate of drug-likeness (QED) is 0.786. The Morgan fingerprint density at radius 1 is 1.44 bits per heavy atom. The van der Waals surface area contributed by atoms with E-state index in [1.54, 1.807) is 0 Å². The van der Waals surface area contributed by atoms with E-state index in [0.29, 0.717) is 13.0 Å². The van der Waals surface area contributed by atoms with Gasteiger partial charge in [0, 0.05) is 13.6 Å². The minimum absolute atomic E-state index is 0.0551. The molecule has 0 spiro atoms. The molecule has 1 amide bonds. The van der Waals surface area contributed by atoms with Crippen molar-refractivity contribution < 1.29 is 13.6 Å². The highest BCUT2D eigenvalue weighted by atomic mass is 19.2. The van der Waals surface area contributed by atoms with E-state index in [4.69, 9.17) is 5.73 Å². The van der Waals surface area contributed by atoms with E-state index < -0.39 is 11.6 Å². The molecule has 100 valence electrons. The number of carbonyl (C=O) groups excluding carboxylic acids is 1. The number of benzene rings is 1. The maximum atomic E-state index is 13.8. The number of nitrogens with zero attached hydrogens (tertiary/aromatic N) is 1. The molecule has 1 aromatic carbocycles. The number of rotatable bonds is 5. The Morgan fingerprint density at radius 3 is 2.67 bits per heavy atom. The van der Waals surface area contributed by atoms with Crippen LogP contribution in [0.4, 0.5) is 20.2 Å². The number of anilines is 2. The molecule has 18 heavy (non-hydrogen) atoms. The molecular formula is C12H17F2N3O. The summed E-state index contributed by atoms with van der Waals surface area (Å²) in [6.07, 6.45) is 0.687. The molecule has 0 aliphatic carbocycles. The van der Waals surface area contributed by atoms with Gasteiger partial charge in [0.2, 0.25) is 5.91 Å². The van der Waals surface area contributed by atoms with Crippen molar-refractivity contribution in [2.45, 2.75) is 13.3 Å². The van der Waals surface area contributed by atoms with Gasteiger partial charge in [-0.2, -0.15) is 0 Å². The van der Waals surface area contributed by atoms with Gasteiger partial charge in [-0.05, 0) is 18.6 Å². The zero-order chi connectivity index (χ0) is 13.7. The Labute approximate surface area is 105 Å². The molecule has 0 atom stereocenters. The van der Waals surface area contributed by atoms with Crippen LogP contribution in [0, 0.1) is 11.6 Å². The number of amides is 1. The summed E-state index contributed by atoms with van der Waals surface area (Å²) in [5, 5.41) is 2.44. The zero-order valence-electron chi connectivity index (χ0n) is 10.5. The van der Waals surface area contributed by atoms with Gasteiger partial charge in [0.25, 0.3) is 0 Å². The fourth-order valence-corrected chi connectivity index (χ4v) is 1.67. The summed E-state index contributed by atoms with van der Waals surface area (Å²) in [4.78, 5) is 12.8. The predicted octanol–water partition coefficient (Wildman–Crippen LogP) is 1.51. The van der Waals surface area contributed by atoms with Gasteiger partial charge in [0.15, 0.2) is 11.6 Å². The number of hydrogen-bond acceptors (Lipinski definition) is 3. The van der Waals surface area contributed by atoms with Crippen molar-refractivity contribution in [2.24, 2.45) is 0 Å². The lowest BCUT2D eigenvalue weighted by Gasteiger charge is -2.25. The summed E-state index contributed by atoms with van der Waals surface area (Å²) in [5.41, 5.74) is 5.72. The second-order valence-electron chi connectivity index (χ2n) is 3.89. The molecule has 0 heterocycles. The first kappa shape index (κ1) is 14.2. The van der Waals surface area contributed by atoms with Crippen LogP contribution < -0.4 is 16.0 Å². The SMILES string of the molecule is CCCN(CC(=O)NC)c1c(N)ccc(F)c1F. The number of nitrogens with one attached hydrogen (secondary N) is 1. The number of hydrogen-bond donors (Lipinski definition) is 2. The summed E-state index contributed by atoms with van der Waals surface area (Å²) >= 11 is 0. The number of nitrogens with two attached hydrogens (primary N) is 1. The Morgan fingerprint density at radius 2 is 2.11 bits per heavy atom. The van der Waals surface area contributed by atoms with Crippen molar-refractivity contribution in [3.8, 4) is 0 Å². The van der Waals surface area contributed by atoms with Crippen LogP contribution >= 0.6 is 0 Å². The first-order chi connectivity index (χ1) is 8.51. The first-order valence-corrected chi connectivity index (χ1v) is 5.70. The molecule has 6 heteroatoms. The van der Waals surface area contributed by atoms with Crippen LogP contribution in [0.15, 0.2) is 12.1 Å². The number of carbonyl (C=O) groups is 1. The second-order valence-corrected chi connectivity index (χ2v) is 3.89. The van der Waals surface area contributed by atoms with Crippen LogP contribution in [0.2, 0.25) is 0 Å². The largest absolute Gasteiger partial charge is 0.397 e. The van der Waals surface area contributed by atoms with Crippen molar-refractivity contribution in [2.75, 3.05) is 30.8 Å². The molecule has 0 fully saturated rings. The molecule has 0 saturated carbocycles. The van der Waals surface area contributed by atoms with E-state index in [-0.39, 0.29) is 23.8 Å². The summed E-state index contributed by atoms with van der Waals surface area (Å²) in [5.74, 6) is -2.28. The van der Waals surface area contributed by atoms with Crippen LogP contribution in [0.5, 0.6) is 0 Å². The van der Waals surface area contributed by atoms with E-state index >= 15 is 0 Å². The molecule has 1 aromatic rings. The summed E-state index contributed by atoms with van der Waals surface area (Å²) in [7, 11) is 1.48. The lowest BCUT2D eigenvalue weighted by molar-refractivity contribution is -0.119. The van der Waals surface area contributed by atoms with Gasteiger partial charge in [-0.25, -0.2) is 8.78 Å². The Hall–Kier alpha value is -1.85. The van der Waals surface area contributed by atoms with Gasteiger partial charge in [-0.1, -0.05) is 6.92 Å². The van der Waals surface area contributed by atoms with E-state index in [2.05, 4.69) is 5.32 Å². The Kier molecular flexibility index (Phi) is 4.88. The van der Waals surface area contributed by atoms with Gasteiger partial charge in [-0.15, -0.1) is 0 Å². The fourth-order valence-electron chi connectivity index (χ4n) is 1.67. The molecule has 0 aliphatic rings. The van der Waals surface area contributed by atoms with Crippen LogP contribution in [0.3, 0.4) is 0 Å². The number of likely N-dealkylation sites (N-methyl/N-ethyl adjacent to an activating group) is 1. The number of nitrogen functional groups attached to an aromatic ring is 1. The van der Waals surface area contributed by atoms with Crippen molar-refractivity contribution in [3.05, 3.63) is 23.8 Å². The molecule has 0 aliphatic heterocycles. The van der Waals surface area contributed by atoms with Crippen LogP contribution in [-0.2, 0) is 4.79 Å². The average molecular weight is 257 g/mol. The molecule has 4 nitrogen and oxygen atoms in total. The summed E-state index contributed by atoms with van der Waals surface area (Å²) in [6, 6.07) is 2.26. The molecule has 0 radical (unpaired) electrons. The molecule has 0 unspecified atom stereocenters. The van der Waals surface area contributed by atoms with Gasteiger partial charge in [0.1, 0.15) is 0 Å². The van der Waals surface area contributed by atoms with Crippen LogP contribution in [0.25, 0.3) is 0 Å². The maximum Gasteiger partial charge on any atom is 0.239 e. The highest BCUT2D eigenvalue weighted by Crippen LogP contribution is 2.28. The van der Waals surface area contributed by atoms with E-state index in [1.807, 2.05) is 6.92 Å². The maximum absolute atomic E-state index is 13.8. The number of halogens is 2. The normalized spacial score (nSPS) is 10.2. The monoisotopic (exact) mass is 257 g/mol. The van der Waals surface area contributed by atoms with E-state index in [1.165, 1.54) is 18.0 Å². The third-order valence-corrected chi connectivity index (χ3v) is 2.52. The van der Waals surface area contributed by atoms with Gasteiger partial charge < -0.3 is 16.0 Å². The average Bonchev–Trinajstić information content (AvgIpc) is 2.34. The van der Waals surface area contributed by atoms with Gasteiger partial charge in [-0.3, -0.25) is 4.79 Å². The topological polar surface area (TPSA) is 58.4 Å². The third kappa shape index (κ3) is 3.09. The zero-order valence-corrected chi connectivity index (χ0v) is 10.5. The van der Waals surface area contributed by atoms with Crippen molar-refractivity contribution in [3.63, 3.8) is 0 Å². The van der Waals surface area contributed by atoms with Crippen LogP contribution in [-0.4, -0.2) is 26.0 Å². The second kappa shape index (κ2) is 6.18. The minimum Gasteiger partial charge on any atom is -0.397 e. The van der Waals surface area contributed by atoms with E-state index in [9.17, 15) is 13.6 Å². The molecule has 0 saturated heterocycles. The fraction of sp³-hybridized carbons (Fsp3) is 0.417. The Bertz CT molecular complexity index is 438. The van der Waals surface area contributed by atoms with Gasteiger partial charge in [0.05, 0.1) is 17.9 Å². The standard InChI is InChI=1S/C12H17F2N3O/c1-3-6-17(7-10(18)16-2)12-9(15)5-4-8(13)11(12)14/h4-5H,3,6-7,15H2,1-2H3,(H,16,18). The van der Waals surface area contributed by atoms with Gasteiger partial charge >= 0.3 is 0 Å². The van der Waals surface area contributed by atoms with Crippen LogP contribution in [0.1, 0.15) is 13.3 Å².